The minimum Gasteiger partial charge on any atom is -0.361 e. The third-order valence-electron chi connectivity index (χ3n) is 4.82. The zero-order valence-electron chi connectivity index (χ0n) is 16.1. The summed E-state index contributed by atoms with van der Waals surface area (Å²) in [5, 5.41) is 1.10. The van der Waals surface area contributed by atoms with Gasteiger partial charge in [-0.25, -0.2) is 13.1 Å². The number of rotatable bonds is 8. The van der Waals surface area contributed by atoms with Crippen LogP contribution in [0.25, 0.3) is 10.9 Å². The Hall–Kier alpha value is -2.64. The third kappa shape index (κ3) is 4.26. The number of amides is 1. The quantitative estimate of drug-likeness (QED) is 0.610. The highest BCUT2D eigenvalue weighted by atomic mass is 32.2. The van der Waals surface area contributed by atoms with E-state index in [1.54, 1.807) is 17.0 Å². The summed E-state index contributed by atoms with van der Waals surface area (Å²) < 4.78 is 27.7. The number of H-pyrrole nitrogens is 1. The molecule has 1 aromatic heterocycles. The first kappa shape index (κ1) is 20.1. The van der Waals surface area contributed by atoms with E-state index in [4.69, 9.17) is 0 Å². The molecule has 0 aliphatic heterocycles. The van der Waals surface area contributed by atoms with Crippen molar-refractivity contribution >= 4 is 26.8 Å². The van der Waals surface area contributed by atoms with E-state index >= 15 is 0 Å². The lowest BCUT2D eigenvalue weighted by Gasteiger charge is -2.18. The molecule has 0 aliphatic carbocycles. The summed E-state index contributed by atoms with van der Waals surface area (Å²) in [6.07, 6.45) is 2.49. The summed E-state index contributed by atoms with van der Waals surface area (Å²) in [7, 11) is -3.63. The lowest BCUT2D eigenvalue weighted by Crippen LogP contribution is -2.30. The first-order valence-corrected chi connectivity index (χ1v) is 10.9. The van der Waals surface area contributed by atoms with Crippen molar-refractivity contribution in [2.24, 2.45) is 0 Å². The number of hydrogen-bond acceptors (Lipinski definition) is 3. The molecule has 0 unspecified atom stereocenters. The van der Waals surface area contributed by atoms with Gasteiger partial charge in [0.1, 0.15) is 0 Å². The van der Waals surface area contributed by atoms with E-state index in [1.165, 1.54) is 12.1 Å². The Morgan fingerprint density at radius 3 is 2.39 bits per heavy atom. The smallest absolute Gasteiger partial charge is 0.253 e. The number of fused-ring (bicyclic) bond motifs is 1. The molecule has 0 spiro atoms. The van der Waals surface area contributed by atoms with Crippen LogP contribution in [0.3, 0.4) is 0 Å². The van der Waals surface area contributed by atoms with E-state index in [0.29, 0.717) is 31.6 Å². The maximum Gasteiger partial charge on any atom is 0.253 e. The van der Waals surface area contributed by atoms with Gasteiger partial charge in [-0.3, -0.25) is 4.79 Å². The van der Waals surface area contributed by atoms with E-state index in [2.05, 4.69) is 9.71 Å². The summed E-state index contributed by atoms with van der Waals surface area (Å²) in [6, 6.07) is 14.0. The summed E-state index contributed by atoms with van der Waals surface area (Å²) >= 11 is 0. The van der Waals surface area contributed by atoms with E-state index < -0.39 is 10.0 Å². The molecule has 1 amide bonds. The van der Waals surface area contributed by atoms with Crippen LogP contribution in [0.2, 0.25) is 0 Å². The van der Waals surface area contributed by atoms with Gasteiger partial charge in [-0.05, 0) is 56.2 Å². The zero-order valence-corrected chi connectivity index (χ0v) is 16.9. The van der Waals surface area contributed by atoms with Crippen LogP contribution in [0.5, 0.6) is 0 Å². The van der Waals surface area contributed by atoms with Gasteiger partial charge < -0.3 is 9.88 Å². The predicted molar refractivity (Wildman–Crippen MR) is 111 cm³/mol. The molecule has 0 atom stereocenters. The van der Waals surface area contributed by atoms with Gasteiger partial charge in [-0.1, -0.05) is 18.2 Å². The standard InChI is InChI=1S/C21H25N3O3S/c1-3-24(4-2)21(25)16-9-11-18(12-10-16)28(26,27)23-14-13-17-15-22-20-8-6-5-7-19(17)20/h5-12,15,22-23H,3-4,13-14H2,1-2H3. The van der Waals surface area contributed by atoms with Crippen molar-refractivity contribution < 1.29 is 13.2 Å². The van der Waals surface area contributed by atoms with Gasteiger partial charge in [0.15, 0.2) is 0 Å². The molecule has 7 heteroatoms. The maximum absolute atomic E-state index is 12.5. The van der Waals surface area contributed by atoms with Crippen molar-refractivity contribution in [2.75, 3.05) is 19.6 Å². The van der Waals surface area contributed by atoms with E-state index in [-0.39, 0.29) is 10.8 Å². The lowest BCUT2D eigenvalue weighted by molar-refractivity contribution is 0.0773. The second kappa shape index (κ2) is 8.58. The third-order valence-corrected chi connectivity index (χ3v) is 6.30. The minimum absolute atomic E-state index is 0.0961. The number of benzene rings is 2. The van der Waals surface area contributed by atoms with Crippen molar-refractivity contribution in [1.82, 2.24) is 14.6 Å². The molecule has 0 fully saturated rings. The number of hydrogen-bond donors (Lipinski definition) is 2. The van der Waals surface area contributed by atoms with Crippen LogP contribution >= 0.6 is 0 Å². The average molecular weight is 400 g/mol. The number of aromatic nitrogens is 1. The van der Waals surface area contributed by atoms with Gasteiger partial charge in [0.25, 0.3) is 5.91 Å². The molecule has 1 heterocycles. The summed E-state index contributed by atoms with van der Waals surface area (Å²) in [5.41, 5.74) is 2.59. The number of sulfonamides is 1. The highest BCUT2D eigenvalue weighted by Crippen LogP contribution is 2.18. The highest BCUT2D eigenvalue weighted by Gasteiger charge is 2.17. The van der Waals surface area contributed by atoms with Gasteiger partial charge in [-0.2, -0.15) is 0 Å². The molecule has 3 rings (SSSR count). The van der Waals surface area contributed by atoms with Gasteiger partial charge in [-0.15, -0.1) is 0 Å². The van der Waals surface area contributed by atoms with Crippen molar-refractivity contribution in [3.8, 4) is 0 Å². The van der Waals surface area contributed by atoms with Crippen LogP contribution in [-0.4, -0.2) is 43.8 Å². The second-order valence-electron chi connectivity index (χ2n) is 6.51. The van der Waals surface area contributed by atoms with Gasteiger partial charge >= 0.3 is 0 Å². The van der Waals surface area contributed by atoms with Crippen LogP contribution < -0.4 is 4.72 Å². The maximum atomic E-state index is 12.5. The largest absolute Gasteiger partial charge is 0.361 e. The Balaban J connectivity index is 1.65. The van der Waals surface area contributed by atoms with Gasteiger partial charge in [0.05, 0.1) is 4.90 Å². The average Bonchev–Trinajstić information content (AvgIpc) is 3.12. The van der Waals surface area contributed by atoms with E-state index in [1.807, 2.05) is 44.3 Å². The fraction of sp³-hybridized carbons (Fsp3) is 0.286. The fourth-order valence-electron chi connectivity index (χ4n) is 3.21. The molecule has 2 N–H and O–H groups in total. The van der Waals surface area contributed by atoms with Crippen LogP contribution in [0.1, 0.15) is 29.8 Å². The fourth-order valence-corrected chi connectivity index (χ4v) is 4.24. The normalized spacial score (nSPS) is 11.6. The lowest BCUT2D eigenvalue weighted by atomic mass is 10.1. The predicted octanol–water partition coefficient (Wildman–Crippen LogP) is 3.17. The molecule has 3 aromatic rings. The van der Waals surface area contributed by atoms with Crippen molar-refractivity contribution in [2.45, 2.75) is 25.2 Å². The molecule has 0 saturated heterocycles. The van der Waals surface area contributed by atoms with Crippen LogP contribution in [-0.2, 0) is 16.4 Å². The van der Waals surface area contributed by atoms with Crippen LogP contribution in [0.15, 0.2) is 59.6 Å². The Labute approximate surface area is 165 Å². The summed E-state index contributed by atoms with van der Waals surface area (Å²) in [5.74, 6) is -0.0961. The molecule has 0 radical (unpaired) electrons. The number of para-hydroxylation sites is 1. The zero-order chi connectivity index (χ0) is 20.1. The van der Waals surface area contributed by atoms with Crippen molar-refractivity contribution in [1.29, 1.82) is 0 Å². The number of aromatic amines is 1. The SMILES string of the molecule is CCN(CC)C(=O)c1ccc(S(=O)(=O)NCCc2c[nH]c3ccccc23)cc1. The first-order valence-electron chi connectivity index (χ1n) is 9.40. The summed E-state index contributed by atoms with van der Waals surface area (Å²) in [4.78, 5) is 17.4. The second-order valence-corrected chi connectivity index (χ2v) is 8.28. The van der Waals surface area contributed by atoms with Crippen molar-refractivity contribution in [3.63, 3.8) is 0 Å². The van der Waals surface area contributed by atoms with Crippen molar-refractivity contribution in [3.05, 3.63) is 65.9 Å². The molecule has 148 valence electrons. The van der Waals surface area contributed by atoms with Gasteiger partial charge in [0, 0.05) is 42.3 Å². The first-order chi connectivity index (χ1) is 13.5. The Morgan fingerprint density at radius 1 is 1.04 bits per heavy atom. The summed E-state index contributed by atoms with van der Waals surface area (Å²) in [6.45, 7) is 5.36. The van der Waals surface area contributed by atoms with Crippen LogP contribution in [0, 0.1) is 0 Å². The topological polar surface area (TPSA) is 82.3 Å². The Bertz CT molecular complexity index is 1050. The molecule has 0 bridgehead atoms. The minimum atomic E-state index is -3.63. The Morgan fingerprint density at radius 2 is 1.71 bits per heavy atom. The Kier molecular flexibility index (Phi) is 6.16. The number of carbonyl (C=O) groups is 1. The highest BCUT2D eigenvalue weighted by molar-refractivity contribution is 7.89. The monoisotopic (exact) mass is 399 g/mol. The van der Waals surface area contributed by atoms with Crippen LogP contribution in [0.4, 0.5) is 0 Å². The number of nitrogens with one attached hydrogen (secondary N) is 2. The van der Waals surface area contributed by atoms with E-state index in [9.17, 15) is 13.2 Å². The molecule has 0 aliphatic rings. The number of carbonyl (C=O) groups excluding carboxylic acids is 1. The molecule has 2 aromatic carbocycles. The molecular weight excluding hydrogens is 374 g/mol. The molecular formula is C21H25N3O3S. The molecule has 28 heavy (non-hydrogen) atoms. The molecule has 6 nitrogen and oxygen atoms in total. The number of nitrogens with zero attached hydrogens (tertiary/aromatic N) is 1. The molecule has 0 saturated carbocycles. The van der Waals surface area contributed by atoms with E-state index in [0.717, 1.165) is 16.5 Å². The van der Waals surface area contributed by atoms with Gasteiger partial charge in [0.2, 0.25) is 10.0 Å².